The van der Waals surface area contributed by atoms with Crippen LogP contribution in [0.3, 0.4) is 0 Å². The van der Waals surface area contributed by atoms with Crippen LogP contribution in [0.1, 0.15) is 86.8 Å². The molecule has 14 nitrogen and oxygen atoms in total. The number of hydrogen-bond acceptors (Lipinski definition) is 11. The Morgan fingerprint density at radius 3 is 2.80 bits per heavy atom. The highest BCUT2D eigenvalue weighted by atomic mass is 32.1. The number of thiophene rings is 1. The van der Waals surface area contributed by atoms with E-state index in [0.717, 1.165) is 55.9 Å². The van der Waals surface area contributed by atoms with Crippen LogP contribution < -0.4 is 10.6 Å². The van der Waals surface area contributed by atoms with Gasteiger partial charge >= 0.3 is 0 Å². The molecular formula is C41H42N8O6S. The van der Waals surface area contributed by atoms with Crippen molar-refractivity contribution in [3.05, 3.63) is 111 Å². The number of carbonyl (C=O) groups excluding carboxylic acids is 3. The zero-order chi connectivity index (χ0) is 38.6. The van der Waals surface area contributed by atoms with Crippen LogP contribution in [0, 0.1) is 18.8 Å². The number of hydrogen-bond donors (Lipinski definition) is 3. The van der Waals surface area contributed by atoms with Gasteiger partial charge in [-0.25, -0.2) is 0 Å². The van der Waals surface area contributed by atoms with Gasteiger partial charge in [-0.15, -0.1) is 21.5 Å². The number of ether oxygens (including phenoxy) is 2. The van der Waals surface area contributed by atoms with Crippen molar-refractivity contribution in [1.82, 2.24) is 34.8 Å². The maximum absolute atomic E-state index is 13.1. The average Bonchev–Trinajstić information content (AvgIpc) is 3.94. The van der Waals surface area contributed by atoms with Gasteiger partial charge in [-0.1, -0.05) is 48.2 Å². The summed E-state index contributed by atoms with van der Waals surface area (Å²) in [6.07, 6.45) is 5.81. The molecule has 0 aliphatic carbocycles. The molecule has 1 saturated heterocycles. The number of aliphatic hydroxyl groups excluding tert-OH is 1. The summed E-state index contributed by atoms with van der Waals surface area (Å²) in [6.45, 7) is 4.69. The SMILES string of the molecule is Cc1nnc2n1-c1sc(C#Cc3cnn(CCCC(O)OCCCNc4cccc5c4CN(C4CCC(=O)NC4=O)C5=O)c3)c(Cc3ccccc3)c1COC2. The Hall–Kier alpha value is -5.66. The van der Waals surface area contributed by atoms with E-state index >= 15 is 0 Å². The lowest BCUT2D eigenvalue weighted by molar-refractivity contribution is -0.136. The topological polar surface area (TPSA) is 166 Å². The smallest absolute Gasteiger partial charge is 0.255 e. The first kappa shape index (κ1) is 37.3. The first-order valence-electron chi connectivity index (χ1n) is 18.8. The summed E-state index contributed by atoms with van der Waals surface area (Å²) < 4.78 is 15.6. The Kier molecular flexibility index (Phi) is 11.0. The Morgan fingerprint density at radius 2 is 1.95 bits per heavy atom. The minimum atomic E-state index is -0.901. The molecule has 15 heteroatoms. The summed E-state index contributed by atoms with van der Waals surface area (Å²) in [4.78, 5) is 39.6. The van der Waals surface area contributed by atoms with Gasteiger partial charge in [0.25, 0.3) is 5.91 Å². The molecule has 2 unspecified atom stereocenters. The van der Waals surface area contributed by atoms with Crippen molar-refractivity contribution >= 4 is 34.7 Å². The predicted molar refractivity (Wildman–Crippen MR) is 207 cm³/mol. The van der Waals surface area contributed by atoms with Crippen molar-refractivity contribution in [2.75, 3.05) is 18.5 Å². The molecule has 3 aromatic heterocycles. The highest BCUT2D eigenvalue weighted by Crippen LogP contribution is 2.37. The zero-order valence-electron chi connectivity index (χ0n) is 31.0. The molecule has 56 heavy (non-hydrogen) atoms. The van der Waals surface area contributed by atoms with Gasteiger partial charge in [-0.2, -0.15) is 5.10 Å². The molecule has 0 saturated carbocycles. The number of aryl methyl sites for hydroxylation is 2. The Balaban J connectivity index is 0.810. The van der Waals surface area contributed by atoms with Gasteiger partial charge in [0, 0.05) is 54.6 Å². The van der Waals surface area contributed by atoms with E-state index in [2.05, 4.69) is 54.5 Å². The van der Waals surface area contributed by atoms with Gasteiger partial charge in [-0.05, 0) is 62.3 Å². The van der Waals surface area contributed by atoms with Crippen LogP contribution in [-0.2, 0) is 51.8 Å². The molecule has 6 heterocycles. The van der Waals surface area contributed by atoms with Crippen LogP contribution in [0.15, 0.2) is 60.9 Å². The molecule has 8 rings (SSSR count). The van der Waals surface area contributed by atoms with E-state index in [1.807, 2.05) is 48.1 Å². The number of fused-ring (bicyclic) bond motifs is 4. The van der Waals surface area contributed by atoms with Crippen LogP contribution in [0.25, 0.3) is 5.00 Å². The quantitative estimate of drug-likeness (QED) is 0.0683. The number of amides is 3. The van der Waals surface area contributed by atoms with Crippen LogP contribution in [0.4, 0.5) is 5.69 Å². The normalized spacial score (nSPS) is 16.7. The van der Waals surface area contributed by atoms with Gasteiger partial charge in [0.05, 0.1) is 29.9 Å². The fourth-order valence-electron chi connectivity index (χ4n) is 7.37. The first-order chi connectivity index (χ1) is 27.3. The lowest BCUT2D eigenvalue weighted by Crippen LogP contribution is -2.52. The molecule has 1 fully saturated rings. The maximum Gasteiger partial charge on any atom is 0.255 e. The van der Waals surface area contributed by atoms with Crippen molar-refractivity contribution in [3.63, 3.8) is 0 Å². The number of nitrogens with zero attached hydrogens (tertiary/aromatic N) is 6. The minimum absolute atomic E-state index is 0.206. The number of rotatable bonds is 13. The third-order valence-corrected chi connectivity index (χ3v) is 11.4. The Morgan fingerprint density at radius 1 is 1.07 bits per heavy atom. The number of aliphatic hydroxyl groups is 1. The summed E-state index contributed by atoms with van der Waals surface area (Å²) in [5, 5.41) is 30.4. The molecule has 3 aliphatic rings. The number of anilines is 1. The van der Waals surface area contributed by atoms with E-state index in [4.69, 9.17) is 9.47 Å². The molecule has 0 bridgehead atoms. The molecule has 2 aromatic carbocycles. The highest BCUT2D eigenvalue weighted by molar-refractivity contribution is 7.15. The van der Waals surface area contributed by atoms with Crippen LogP contribution in [-0.4, -0.2) is 77.8 Å². The number of piperidine rings is 1. The largest absolute Gasteiger partial charge is 0.385 e. The molecule has 5 aromatic rings. The van der Waals surface area contributed by atoms with Crippen molar-refractivity contribution < 1.29 is 29.0 Å². The lowest BCUT2D eigenvalue weighted by atomic mass is 10.0. The van der Waals surface area contributed by atoms with Crippen molar-refractivity contribution in [1.29, 1.82) is 0 Å². The Labute approximate surface area is 327 Å². The summed E-state index contributed by atoms with van der Waals surface area (Å²) in [6, 6.07) is 15.2. The van der Waals surface area contributed by atoms with Gasteiger partial charge in [0.2, 0.25) is 11.8 Å². The van der Waals surface area contributed by atoms with Gasteiger partial charge in [-0.3, -0.25) is 28.9 Å². The molecule has 0 spiro atoms. The highest BCUT2D eigenvalue weighted by Gasteiger charge is 2.39. The minimum Gasteiger partial charge on any atom is -0.385 e. The number of nitrogens with one attached hydrogen (secondary N) is 2. The number of benzene rings is 2. The van der Waals surface area contributed by atoms with E-state index in [0.29, 0.717) is 70.7 Å². The fourth-order valence-corrected chi connectivity index (χ4v) is 8.62. The third-order valence-electron chi connectivity index (χ3n) is 10.2. The third kappa shape index (κ3) is 8.00. The van der Waals surface area contributed by atoms with Gasteiger partial charge in [0.15, 0.2) is 12.1 Å². The zero-order valence-corrected chi connectivity index (χ0v) is 31.8. The second-order valence-corrected chi connectivity index (χ2v) is 15.1. The summed E-state index contributed by atoms with van der Waals surface area (Å²) in [5.41, 5.74) is 6.49. The maximum atomic E-state index is 13.1. The molecule has 3 aliphatic heterocycles. The van der Waals surface area contributed by atoms with Gasteiger partial charge < -0.3 is 24.8 Å². The summed E-state index contributed by atoms with van der Waals surface area (Å²) in [7, 11) is 0. The lowest BCUT2D eigenvalue weighted by Gasteiger charge is -2.29. The van der Waals surface area contributed by atoms with Crippen molar-refractivity contribution in [3.8, 4) is 16.8 Å². The molecule has 3 N–H and O–H groups in total. The van der Waals surface area contributed by atoms with E-state index < -0.39 is 18.2 Å². The molecule has 288 valence electrons. The summed E-state index contributed by atoms with van der Waals surface area (Å²) in [5.74, 6) is 7.42. The second-order valence-electron chi connectivity index (χ2n) is 14.1. The van der Waals surface area contributed by atoms with Crippen LogP contribution in [0.2, 0.25) is 0 Å². The monoisotopic (exact) mass is 774 g/mol. The first-order valence-corrected chi connectivity index (χ1v) is 19.7. The van der Waals surface area contributed by atoms with E-state index in [9.17, 15) is 19.5 Å². The number of aromatic nitrogens is 5. The average molecular weight is 775 g/mol. The standard InChI is InChI=1S/C41H42N8O6S/c1-26-45-46-36-25-54-24-32-30(20-27-8-3-2-4-9-27)35(56-41(32)49(26)36)15-13-28-21-43-47(22-28)18-6-12-38(51)55-19-7-17-42-33-11-5-10-29-31(33)23-48(40(29)53)34-14-16-37(50)44-39(34)52/h2-5,8-11,21-22,34,38,42,51H,6-7,12,14,16-20,23-25H2,1H3,(H,44,50,52). The van der Waals surface area contributed by atoms with Crippen LogP contribution >= 0.6 is 11.3 Å². The molecular weight excluding hydrogens is 733 g/mol. The van der Waals surface area contributed by atoms with E-state index in [-0.39, 0.29) is 18.2 Å². The van der Waals surface area contributed by atoms with Crippen molar-refractivity contribution in [2.45, 2.75) is 84.1 Å². The predicted octanol–water partition coefficient (Wildman–Crippen LogP) is 4.23. The van der Waals surface area contributed by atoms with Crippen LogP contribution in [0.5, 0.6) is 0 Å². The number of carbonyl (C=O) groups is 3. The van der Waals surface area contributed by atoms with E-state index in [1.165, 1.54) is 5.56 Å². The van der Waals surface area contributed by atoms with Gasteiger partial charge in [0.1, 0.15) is 23.5 Å². The molecule has 2 atom stereocenters. The Bertz CT molecular complexity index is 2320. The summed E-state index contributed by atoms with van der Waals surface area (Å²) >= 11 is 1.64. The number of imide groups is 1. The fraction of sp³-hybridized carbons (Fsp3) is 0.366. The van der Waals surface area contributed by atoms with E-state index in [1.54, 1.807) is 28.5 Å². The molecule has 3 amide bonds. The second kappa shape index (κ2) is 16.6. The van der Waals surface area contributed by atoms with Crippen molar-refractivity contribution in [2.24, 2.45) is 0 Å². The molecule has 0 radical (unpaired) electrons.